The molecular weight excluding hydrogens is 376 g/mol. The zero-order valence-electron chi connectivity index (χ0n) is 18.3. The first kappa shape index (κ1) is 20.5. The second-order valence-corrected chi connectivity index (χ2v) is 8.57. The number of pyridine rings is 1. The van der Waals surface area contributed by atoms with Crippen LogP contribution >= 0.6 is 0 Å². The summed E-state index contributed by atoms with van der Waals surface area (Å²) in [6, 6.07) is 8.18. The summed E-state index contributed by atoms with van der Waals surface area (Å²) in [6.45, 7) is 5.87. The van der Waals surface area contributed by atoms with Crippen LogP contribution in [0.3, 0.4) is 0 Å². The zero-order valence-corrected chi connectivity index (χ0v) is 18.3. The first-order valence-electron chi connectivity index (χ1n) is 10.7. The van der Waals surface area contributed by atoms with Gasteiger partial charge >= 0.3 is 0 Å². The smallest absolute Gasteiger partial charge is 0.222 e. The molecule has 1 aliphatic carbocycles. The molecule has 1 aromatic heterocycles. The molecule has 1 aromatic carbocycles. The Labute approximate surface area is 178 Å². The van der Waals surface area contributed by atoms with Gasteiger partial charge in [-0.15, -0.1) is 0 Å². The molecule has 158 valence electrons. The lowest BCUT2D eigenvalue weighted by Crippen LogP contribution is -2.29. The first-order chi connectivity index (χ1) is 14.5. The van der Waals surface area contributed by atoms with E-state index in [1.807, 2.05) is 29.3 Å². The summed E-state index contributed by atoms with van der Waals surface area (Å²) in [5, 5.41) is 0. The van der Waals surface area contributed by atoms with E-state index in [4.69, 9.17) is 14.5 Å². The van der Waals surface area contributed by atoms with E-state index in [2.05, 4.69) is 26.0 Å². The Morgan fingerprint density at radius 3 is 2.70 bits per heavy atom. The van der Waals surface area contributed by atoms with Gasteiger partial charge in [-0.1, -0.05) is 26.0 Å². The summed E-state index contributed by atoms with van der Waals surface area (Å²) < 4.78 is 10.8. The minimum Gasteiger partial charge on any atom is -0.493 e. The van der Waals surface area contributed by atoms with E-state index in [0.717, 1.165) is 42.8 Å². The molecule has 0 saturated carbocycles. The number of aromatic nitrogens is 1. The highest BCUT2D eigenvalue weighted by Gasteiger charge is 2.32. The highest BCUT2D eigenvalue weighted by atomic mass is 16.5. The lowest BCUT2D eigenvalue weighted by Gasteiger charge is -2.19. The van der Waals surface area contributed by atoms with Crippen molar-refractivity contribution in [2.45, 2.75) is 33.1 Å². The van der Waals surface area contributed by atoms with Crippen LogP contribution in [-0.4, -0.2) is 43.1 Å². The fraction of sp³-hybridized carbons (Fsp3) is 0.440. The quantitative estimate of drug-likeness (QED) is 0.704. The highest BCUT2D eigenvalue weighted by Crippen LogP contribution is 2.39. The maximum atomic E-state index is 12.5. The monoisotopic (exact) mass is 406 g/mol. The summed E-state index contributed by atoms with van der Waals surface area (Å²) in [6.07, 6.45) is 6.76. The van der Waals surface area contributed by atoms with Gasteiger partial charge in [0.2, 0.25) is 5.91 Å². The maximum absolute atomic E-state index is 12.5. The summed E-state index contributed by atoms with van der Waals surface area (Å²) in [5.41, 5.74) is 5.81. The fourth-order valence-electron chi connectivity index (χ4n) is 4.50. The number of carbonyl (C=O) groups is 1. The number of hydrogen-bond acceptors (Lipinski definition) is 4. The van der Waals surface area contributed by atoms with Crippen LogP contribution < -0.4 is 9.47 Å². The van der Waals surface area contributed by atoms with Crippen LogP contribution in [0.15, 0.2) is 36.5 Å². The van der Waals surface area contributed by atoms with E-state index < -0.39 is 0 Å². The third-order valence-electron chi connectivity index (χ3n) is 6.08. The molecule has 0 radical (unpaired) electrons. The maximum Gasteiger partial charge on any atom is 0.222 e. The van der Waals surface area contributed by atoms with E-state index in [-0.39, 0.29) is 5.91 Å². The molecule has 1 saturated heterocycles. The van der Waals surface area contributed by atoms with Gasteiger partial charge in [-0.3, -0.25) is 9.78 Å². The van der Waals surface area contributed by atoms with Crippen LogP contribution in [0.25, 0.3) is 16.7 Å². The lowest BCUT2D eigenvalue weighted by molar-refractivity contribution is -0.130. The van der Waals surface area contributed by atoms with E-state index in [0.29, 0.717) is 29.8 Å². The number of benzene rings is 1. The number of ether oxygens (including phenoxy) is 2. The highest BCUT2D eigenvalue weighted by molar-refractivity contribution is 5.80. The van der Waals surface area contributed by atoms with Gasteiger partial charge in [0.1, 0.15) is 0 Å². The Morgan fingerprint density at radius 2 is 1.97 bits per heavy atom. The Balaban J connectivity index is 1.56. The number of hydrogen-bond donors (Lipinski definition) is 0. The molecule has 1 fully saturated rings. The molecule has 2 heterocycles. The van der Waals surface area contributed by atoms with Gasteiger partial charge in [-0.25, -0.2) is 0 Å². The molecule has 0 spiro atoms. The van der Waals surface area contributed by atoms with E-state index in [1.165, 1.54) is 11.1 Å². The SMILES string of the molecule is COc1ccc(-c2cnc3c(c2)C(C2CCN(C(=O)CC(C)C)C2)=CC3)cc1OC. The van der Waals surface area contributed by atoms with Gasteiger partial charge < -0.3 is 14.4 Å². The van der Waals surface area contributed by atoms with Gasteiger partial charge in [-0.2, -0.15) is 0 Å². The predicted molar refractivity (Wildman–Crippen MR) is 119 cm³/mol. The molecule has 1 aliphatic heterocycles. The van der Waals surface area contributed by atoms with Crippen LogP contribution in [0.5, 0.6) is 11.5 Å². The second kappa shape index (κ2) is 8.50. The third kappa shape index (κ3) is 3.93. The molecule has 0 bridgehead atoms. The van der Waals surface area contributed by atoms with E-state index in [1.54, 1.807) is 14.2 Å². The van der Waals surface area contributed by atoms with Crippen molar-refractivity contribution in [3.8, 4) is 22.6 Å². The molecule has 2 aromatic rings. The molecule has 1 amide bonds. The Hall–Kier alpha value is -2.82. The predicted octanol–water partition coefficient (Wildman–Crippen LogP) is 4.60. The van der Waals surface area contributed by atoms with Crippen LogP contribution in [0.4, 0.5) is 0 Å². The molecule has 5 heteroatoms. The second-order valence-electron chi connectivity index (χ2n) is 8.57. The number of rotatable bonds is 6. The van der Waals surface area contributed by atoms with E-state index >= 15 is 0 Å². The minimum atomic E-state index is 0.281. The molecule has 5 nitrogen and oxygen atoms in total. The molecule has 2 aliphatic rings. The number of fused-ring (bicyclic) bond motifs is 1. The van der Waals surface area contributed by atoms with Crippen molar-refractivity contribution in [2.24, 2.45) is 11.8 Å². The van der Waals surface area contributed by atoms with Gasteiger partial charge in [0.05, 0.1) is 19.9 Å². The van der Waals surface area contributed by atoms with Crippen LogP contribution in [-0.2, 0) is 11.2 Å². The largest absolute Gasteiger partial charge is 0.493 e. The van der Waals surface area contributed by atoms with Gasteiger partial charge in [-0.05, 0) is 41.7 Å². The number of allylic oxidation sites excluding steroid dienone is 1. The Morgan fingerprint density at radius 1 is 1.17 bits per heavy atom. The fourth-order valence-corrected chi connectivity index (χ4v) is 4.50. The molecule has 4 rings (SSSR count). The molecule has 30 heavy (non-hydrogen) atoms. The molecule has 1 atom stereocenters. The number of nitrogens with zero attached hydrogens (tertiary/aromatic N) is 2. The topological polar surface area (TPSA) is 51.7 Å². The summed E-state index contributed by atoms with van der Waals surface area (Å²) >= 11 is 0. The van der Waals surface area contributed by atoms with Crippen molar-refractivity contribution in [3.63, 3.8) is 0 Å². The lowest BCUT2D eigenvalue weighted by atomic mass is 9.92. The summed E-state index contributed by atoms with van der Waals surface area (Å²) in [4.78, 5) is 19.3. The van der Waals surface area contributed by atoms with Crippen molar-refractivity contribution in [3.05, 3.63) is 47.8 Å². The summed E-state index contributed by atoms with van der Waals surface area (Å²) in [5.74, 6) is 2.50. The van der Waals surface area contributed by atoms with Crippen molar-refractivity contribution in [1.29, 1.82) is 0 Å². The van der Waals surface area contributed by atoms with E-state index in [9.17, 15) is 4.79 Å². The molecule has 1 unspecified atom stereocenters. The minimum absolute atomic E-state index is 0.281. The summed E-state index contributed by atoms with van der Waals surface area (Å²) in [7, 11) is 3.29. The Bertz CT molecular complexity index is 980. The molecule has 0 N–H and O–H groups in total. The van der Waals surface area contributed by atoms with Crippen molar-refractivity contribution >= 4 is 11.5 Å². The average molecular weight is 407 g/mol. The molecular formula is C25H30N2O3. The van der Waals surface area contributed by atoms with Gasteiger partial charge in [0, 0.05) is 49.2 Å². The van der Waals surface area contributed by atoms with Crippen LogP contribution in [0.1, 0.15) is 37.9 Å². The average Bonchev–Trinajstić information content (AvgIpc) is 3.39. The normalized spacial score (nSPS) is 17.8. The van der Waals surface area contributed by atoms with Crippen molar-refractivity contribution in [2.75, 3.05) is 27.3 Å². The third-order valence-corrected chi connectivity index (χ3v) is 6.08. The first-order valence-corrected chi connectivity index (χ1v) is 10.7. The van der Waals surface area contributed by atoms with Crippen LogP contribution in [0, 0.1) is 11.8 Å². The number of carbonyl (C=O) groups excluding carboxylic acids is 1. The van der Waals surface area contributed by atoms with Crippen molar-refractivity contribution in [1.82, 2.24) is 9.88 Å². The van der Waals surface area contributed by atoms with Gasteiger partial charge in [0.25, 0.3) is 0 Å². The standard InChI is InChI=1S/C25H30N2O3/c1-16(2)11-25(28)27-10-9-18(15-27)20-6-7-22-21(20)12-19(14-26-22)17-5-8-23(29-3)24(13-17)30-4/h5-6,8,12-14,16,18H,7,9-11,15H2,1-4H3. The van der Waals surface area contributed by atoms with Crippen molar-refractivity contribution < 1.29 is 14.3 Å². The van der Waals surface area contributed by atoms with Crippen LogP contribution in [0.2, 0.25) is 0 Å². The van der Waals surface area contributed by atoms with Gasteiger partial charge in [0.15, 0.2) is 11.5 Å². The zero-order chi connectivity index (χ0) is 21.3. The number of likely N-dealkylation sites (tertiary alicyclic amines) is 1. The number of methoxy groups -OCH3 is 2. The Kier molecular flexibility index (Phi) is 5.80. The number of amides is 1.